The summed E-state index contributed by atoms with van der Waals surface area (Å²) >= 11 is 1.81. The van der Waals surface area contributed by atoms with Crippen LogP contribution in [0.25, 0.3) is 42.7 Å². The largest absolute Gasteiger partial charge is 0.361 e. The molecule has 0 amide bonds. The van der Waals surface area contributed by atoms with Crippen molar-refractivity contribution in [2.24, 2.45) is 0 Å². The molecule has 234 valence electrons. The molecule has 0 radical (unpaired) electrons. The van der Waals surface area contributed by atoms with E-state index in [0.717, 1.165) is 25.9 Å². The summed E-state index contributed by atoms with van der Waals surface area (Å²) in [4.78, 5) is 6.73. The Morgan fingerprint density at radius 1 is 0.553 bits per heavy atom. The number of benzene rings is 5. The predicted molar refractivity (Wildman–Crippen MR) is 201 cm³/mol. The highest BCUT2D eigenvalue weighted by Crippen LogP contribution is 2.36. The first-order valence-corrected chi connectivity index (χ1v) is 17.5. The average molecular weight is 633 g/mol. The van der Waals surface area contributed by atoms with Crippen molar-refractivity contribution in [1.29, 1.82) is 0 Å². The summed E-state index contributed by atoms with van der Waals surface area (Å²) in [5, 5.41) is 13.5. The lowest BCUT2D eigenvalue weighted by Crippen LogP contribution is -2.39. The topological polar surface area (TPSA) is 38.1 Å². The molecule has 2 N–H and O–H groups in total. The van der Waals surface area contributed by atoms with E-state index in [2.05, 4.69) is 155 Å². The van der Waals surface area contributed by atoms with E-state index in [1.54, 1.807) is 0 Å². The number of hydrogen-bond acceptors (Lipinski definition) is 3. The number of nitrogens with zero attached hydrogens (tertiary/aromatic N) is 2. The smallest absolute Gasteiger partial charge is 0.0454 e. The fourth-order valence-corrected chi connectivity index (χ4v) is 8.10. The fourth-order valence-electron chi connectivity index (χ4n) is 7.33. The molecule has 8 aromatic rings. The van der Waals surface area contributed by atoms with Gasteiger partial charge in [0.25, 0.3) is 0 Å². The van der Waals surface area contributed by atoms with Gasteiger partial charge < -0.3 is 9.97 Å². The van der Waals surface area contributed by atoms with Crippen LogP contribution in [0.2, 0.25) is 0 Å². The molecule has 3 aromatic heterocycles. The van der Waals surface area contributed by atoms with Crippen LogP contribution in [0, 0.1) is 0 Å². The van der Waals surface area contributed by atoms with E-state index in [9.17, 15) is 0 Å². The molecule has 4 nitrogen and oxygen atoms in total. The highest BCUT2D eigenvalue weighted by atomic mass is 32.1. The molecular formula is C42H40N4S. The SMILES string of the molecule is CN(CCC(c1ccc2[nH]ccc2c1)c1ccc2sccc2c1)N(C)CCC(c1ccc2[nH]ccc2c1)c1cccc2ccccc12. The molecule has 0 saturated carbocycles. The van der Waals surface area contributed by atoms with Crippen LogP contribution in [-0.2, 0) is 0 Å². The summed E-state index contributed by atoms with van der Waals surface area (Å²) in [6, 6.07) is 43.0. The van der Waals surface area contributed by atoms with Crippen LogP contribution < -0.4 is 0 Å². The van der Waals surface area contributed by atoms with Gasteiger partial charge in [0.15, 0.2) is 0 Å². The van der Waals surface area contributed by atoms with E-state index in [-0.39, 0.29) is 5.92 Å². The summed E-state index contributed by atoms with van der Waals surface area (Å²) in [6.07, 6.45) is 6.12. The first-order valence-electron chi connectivity index (χ1n) is 16.6. The third-order valence-electron chi connectivity index (χ3n) is 10.1. The molecule has 0 spiro atoms. The minimum Gasteiger partial charge on any atom is -0.361 e. The van der Waals surface area contributed by atoms with Gasteiger partial charge in [0, 0.05) is 67.1 Å². The van der Waals surface area contributed by atoms with Gasteiger partial charge in [0.05, 0.1) is 0 Å². The minimum atomic E-state index is 0.286. The Kier molecular flexibility index (Phi) is 8.12. The molecule has 0 saturated heterocycles. The van der Waals surface area contributed by atoms with Gasteiger partial charge in [-0.1, -0.05) is 60.7 Å². The molecule has 0 bridgehead atoms. The Labute approximate surface area is 280 Å². The summed E-state index contributed by atoms with van der Waals surface area (Å²) in [7, 11) is 4.49. The van der Waals surface area contributed by atoms with Crippen molar-refractivity contribution in [2.45, 2.75) is 24.7 Å². The molecule has 2 unspecified atom stereocenters. The second kappa shape index (κ2) is 12.8. The first kappa shape index (κ1) is 29.7. The maximum Gasteiger partial charge on any atom is 0.0454 e. The lowest BCUT2D eigenvalue weighted by atomic mass is 9.85. The van der Waals surface area contributed by atoms with Crippen LogP contribution in [0.3, 0.4) is 0 Å². The number of rotatable bonds is 11. The van der Waals surface area contributed by atoms with Crippen molar-refractivity contribution in [3.8, 4) is 0 Å². The third-order valence-corrected chi connectivity index (χ3v) is 11.0. The van der Waals surface area contributed by atoms with Crippen molar-refractivity contribution in [3.63, 3.8) is 0 Å². The van der Waals surface area contributed by atoms with Crippen molar-refractivity contribution < 1.29 is 0 Å². The van der Waals surface area contributed by atoms with Crippen LogP contribution in [0.15, 0.2) is 133 Å². The molecule has 47 heavy (non-hydrogen) atoms. The third kappa shape index (κ3) is 5.98. The zero-order valence-corrected chi connectivity index (χ0v) is 27.8. The van der Waals surface area contributed by atoms with Crippen molar-refractivity contribution >= 4 is 54.0 Å². The fraction of sp³-hybridized carbons (Fsp3) is 0.190. The second-order valence-corrected chi connectivity index (χ2v) is 13.8. The monoisotopic (exact) mass is 632 g/mol. The van der Waals surface area contributed by atoms with Gasteiger partial charge in [-0.2, -0.15) is 0 Å². The van der Waals surface area contributed by atoms with Gasteiger partial charge in [-0.05, 0) is 122 Å². The van der Waals surface area contributed by atoms with Gasteiger partial charge >= 0.3 is 0 Å². The molecule has 0 fully saturated rings. The molecule has 0 aliphatic carbocycles. The maximum atomic E-state index is 3.37. The molecule has 3 heterocycles. The van der Waals surface area contributed by atoms with E-state index in [4.69, 9.17) is 0 Å². The number of thiophene rings is 1. The number of fused-ring (bicyclic) bond motifs is 4. The molecular weight excluding hydrogens is 593 g/mol. The maximum absolute atomic E-state index is 3.37. The predicted octanol–water partition coefficient (Wildman–Crippen LogP) is 10.5. The number of aromatic nitrogens is 2. The molecule has 8 rings (SSSR count). The lowest BCUT2D eigenvalue weighted by molar-refractivity contribution is 0.0234. The zero-order chi connectivity index (χ0) is 31.7. The standard InChI is InChI=1S/C42H40N4S/c1-45(23-18-36(30-10-13-40-33(26-30)16-21-43-40)31-12-15-42-35(28-31)20-25-47-42)46(2)24-19-38(32-11-14-41-34(27-32)17-22-44-41)39-9-5-7-29-6-3-4-8-37(29)39/h3-17,20-22,25-28,36,38,43-44H,18-19,23-24H2,1-2H3. The Bertz CT molecular complexity index is 2210. The van der Waals surface area contributed by atoms with Crippen LogP contribution in [0.5, 0.6) is 0 Å². The summed E-state index contributed by atoms with van der Waals surface area (Å²) in [5.41, 5.74) is 7.91. The summed E-state index contributed by atoms with van der Waals surface area (Å²) < 4.78 is 1.35. The van der Waals surface area contributed by atoms with Gasteiger partial charge in [-0.15, -0.1) is 11.3 Å². The second-order valence-electron chi connectivity index (χ2n) is 12.9. The summed E-state index contributed by atoms with van der Waals surface area (Å²) in [5.74, 6) is 0.598. The molecule has 0 aliphatic rings. The van der Waals surface area contributed by atoms with E-state index in [0.29, 0.717) is 5.92 Å². The Hall–Kier alpha value is -4.68. The number of aromatic amines is 2. The zero-order valence-electron chi connectivity index (χ0n) is 27.0. The van der Waals surface area contributed by atoms with E-state index in [1.807, 2.05) is 23.7 Å². The van der Waals surface area contributed by atoms with Gasteiger partial charge in [0.2, 0.25) is 0 Å². The molecule has 0 aliphatic heterocycles. The molecule has 2 atom stereocenters. The number of H-pyrrole nitrogens is 2. The Morgan fingerprint density at radius 3 is 1.87 bits per heavy atom. The minimum absolute atomic E-state index is 0.286. The quantitative estimate of drug-likeness (QED) is 0.139. The van der Waals surface area contributed by atoms with Crippen LogP contribution in [-0.4, -0.2) is 47.2 Å². The normalized spacial score (nSPS) is 13.4. The van der Waals surface area contributed by atoms with Crippen LogP contribution in [0.1, 0.15) is 46.9 Å². The van der Waals surface area contributed by atoms with E-state index < -0.39 is 0 Å². The lowest BCUT2D eigenvalue weighted by Gasteiger charge is -2.32. The summed E-state index contributed by atoms with van der Waals surface area (Å²) in [6.45, 7) is 1.92. The van der Waals surface area contributed by atoms with Crippen LogP contribution in [0.4, 0.5) is 0 Å². The van der Waals surface area contributed by atoms with Crippen LogP contribution >= 0.6 is 11.3 Å². The molecule has 5 aromatic carbocycles. The van der Waals surface area contributed by atoms with Crippen molar-refractivity contribution in [2.75, 3.05) is 27.2 Å². The van der Waals surface area contributed by atoms with E-state index >= 15 is 0 Å². The highest BCUT2D eigenvalue weighted by Gasteiger charge is 2.21. The van der Waals surface area contributed by atoms with E-state index in [1.165, 1.54) is 64.9 Å². The average Bonchev–Trinajstić information content (AvgIpc) is 3.89. The van der Waals surface area contributed by atoms with Gasteiger partial charge in [-0.25, -0.2) is 10.0 Å². The number of nitrogens with one attached hydrogen (secondary N) is 2. The number of hydrogen-bond donors (Lipinski definition) is 2. The Balaban J connectivity index is 1.03. The van der Waals surface area contributed by atoms with Gasteiger partial charge in [-0.3, -0.25) is 0 Å². The molecule has 5 heteroatoms. The first-order chi connectivity index (χ1) is 23.1. The Morgan fingerprint density at radius 2 is 1.15 bits per heavy atom. The van der Waals surface area contributed by atoms with Crippen molar-refractivity contribution in [3.05, 3.63) is 155 Å². The number of hydrazine groups is 1. The van der Waals surface area contributed by atoms with Crippen molar-refractivity contribution in [1.82, 2.24) is 20.0 Å². The highest BCUT2D eigenvalue weighted by molar-refractivity contribution is 7.17. The van der Waals surface area contributed by atoms with Gasteiger partial charge in [0.1, 0.15) is 0 Å².